The number of nitrogens with two attached hydrogens (primary N) is 1. The van der Waals surface area contributed by atoms with E-state index in [-0.39, 0.29) is 6.42 Å². The lowest BCUT2D eigenvalue weighted by Crippen LogP contribution is -2.05. The molecule has 1 aromatic rings. The summed E-state index contributed by atoms with van der Waals surface area (Å²) in [5.41, 5.74) is 5.75. The summed E-state index contributed by atoms with van der Waals surface area (Å²) in [6.07, 6.45) is -0.842. The molecule has 0 spiro atoms. The Morgan fingerprint density at radius 1 is 1.57 bits per heavy atom. The van der Waals surface area contributed by atoms with Crippen molar-refractivity contribution in [1.29, 1.82) is 0 Å². The van der Waals surface area contributed by atoms with Gasteiger partial charge in [0.05, 0.1) is 12.1 Å². The first kappa shape index (κ1) is 11.3. The fourth-order valence-electron chi connectivity index (χ4n) is 1.29. The molecule has 0 amide bonds. The van der Waals surface area contributed by atoms with Crippen LogP contribution in [-0.4, -0.2) is 13.7 Å². The number of hydrogen-bond donors (Lipinski definition) is 1. The van der Waals surface area contributed by atoms with Crippen LogP contribution in [0, 0.1) is 0 Å². The summed E-state index contributed by atoms with van der Waals surface area (Å²) >= 11 is 5.85. The molecule has 0 bridgehead atoms. The molecule has 0 heterocycles. The third kappa shape index (κ3) is 2.36. The molecular weight excluding hydrogens is 205 g/mol. The highest BCUT2D eigenvalue weighted by Gasteiger charge is 2.16. The van der Waals surface area contributed by atoms with Gasteiger partial charge in [-0.25, -0.2) is 4.39 Å². The summed E-state index contributed by atoms with van der Waals surface area (Å²) in [6, 6.07) is 5.02. The van der Waals surface area contributed by atoms with Crippen molar-refractivity contribution in [3.8, 4) is 5.75 Å². The smallest absolute Gasteiger partial charge is 0.143 e. The fourth-order valence-corrected chi connectivity index (χ4v) is 1.55. The van der Waals surface area contributed by atoms with Gasteiger partial charge in [-0.05, 0) is 19.0 Å². The largest absolute Gasteiger partial charge is 0.495 e. The van der Waals surface area contributed by atoms with Gasteiger partial charge in [0.25, 0.3) is 0 Å². The molecule has 0 aromatic heterocycles. The molecule has 0 saturated heterocycles. The second kappa shape index (κ2) is 5.17. The van der Waals surface area contributed by atoms with Crippen LogP contribution in [-0.2, 0) is 0 Å². The fraction of sp³-hybridized carbons (Fsp3) is 0.400. The van der Waals surface area contributed by atoms with Gasteiger partial charge in [-0.1, -0.05) is 23.7 Å². The summed E-state index contributed by atoms with van der Waals surface area (Å²) in [4.78, 5) is 0. The second-order valence-electron chi connectivity index (χ2n) is 2.91. The zero-order chi connectivity index (χ0) is 10.6. The van der Waals surface area contributed by atoms with Gasteiger partial charge >= 0.3 is 0 Å². The minimum Gasteiger partial charge on any atom is -0.495 e. The van der Waals surface area contributed by atoms with Crippen molar-refractivity contribution >= 4 is 11.6 Å². The molecule has 1 unspecified atom stereocenters. The summed E-state index contributed by atoms with van der Waals surface area (Å²) < 4.78 is 18.6. The number of methoxy groups -OCH3 is 1. The van der Waals surface area contributed by atoms with Crippen LogP contribution >= 0.6 is 11.6 Å². The highest BCUT2D eigenvalue weighted by atomic mass is 35.5. The Labute approximate surface area is 87.8 Å². The number of hydrogen-bond acceptors (Lipinski definition) is 2. The van der Waals surface area contributed by atoms with Crippen molar-refractivity contribution in [2.45, 2.75) is 12.6 Å². The van der Waals surface area contributed by atoms with Gasteiger partial charge in [0.1, 0.15) is 11.9 Å². The Morgan fingerprint density at radius 3 is 2.86 bits per heavy atom. The van der Waals surface area contributed by atoms with Crippen molar-refractivity contribution in [1.82, 2.24) is 0 Å². The highest BCUT2D eigenvalue weighted by molar-refractivity contribution is 6.32. The van der Waals surface area contributed by atoms with Gasteiger partial charge in [0.15, 0.2) is 0 Å². The van der Waals surface area contributed by atoms with E-state index in [1.54, 1.807) is 18.2 Å². The zero-order valence-electron chi connectivity index (χ0n) is 7.97. The van der Waals surface area contributed by atoms with E-state index in [9.17, 15) is 4.39 Å². The molecule has 1 rings (SSSR count). The Bertz CT molecular complexity index is 306. The van der Waals surface area contributed by atoms with E-state index in [0.717, 1.165) is 0 Å². The van der Waals surface area contributed by atoms with Crippen LogP contribution < -0.4 is 10.5 Å². The van der Waals surface area contributed by atoms with E-state index in [4.69, 9.17) is 22.1 Å². The summed E-state index contributed by atoms with van der Waals surface area (Å²) in [5, 5.41) is 0.421. The van der Waals surface area contributed by atoms with Gasteiger partial charge in [-0.3, -0.25) is 0 Å². The SMILES string of the molecule is COc1c(Cl)cccc1C(F)CCN. The number of alkyl halides is 1. The minimum absolute atomic E-state index is 0.275. The molecule has 0 aliphatic carbocycles. The quantitative estimate of drug-likeness (QED) is 0.842. The first-order chi connectivity index (χ1) is 6.70. The van der Waals surface area contributed by atoms with Crippen LogP contribution in [0.4, 0.5) is 4.39 Å². The number of para-hydroxylation sites is 1. The Kier molecular flexibility index (Phi) is 4.17. The second-order valence-corrected chi connectivity index (χ2v) is 3.31. The average molecular weight is 218 g/mol. The zero-order valence-corrected chi connectivity index (χ0v) is 8.72. The maximum atomic E-state index is 13.5. The number of ether oxygens (including phenoxy) is 1. The van der Waals surface area contributed by atoms with Crippen molar-refractivity contribution < 1.29 is 9.13 Å². The van der Waals surface area contributed by atoms with Crippen molar-refractivity contribution in [2.75, 3.05) is 13.7 Å². The first-order valence-electron chi connectivity index (χ1n) is 4.37. The predicted molar refractivity (Wildman–Crippen MR) is 55.5 cm³/mol. The van der Waals surface area contributed by atoms with Crippen molar-refractivity contribution in [2.24, 2.45) is 5.73 Å². The van der Waals surface area contributed by atoms with Crippen LogP contribution in [0.3, 0.4) is 0 Å². The Hall–Kier alpha value is -0.800. The molecule has 1 atom stereocenters. The third-order valence-electron chi connectivity index (χ3n) is 1.96. The van der Waals surface area contributed by atoms with E-state index < -0.39 is 6.17 Å². The maximum absolute atomic E-state index is 13.5. The van der Waals surface area contributed by atoms with Crippen molar-refractivity contribution in [3.63, 3.8) is 0 Å². The molecule has 1 aromatic carbocycles. The standard InChI is InChI=1S/C10H13ClFNO/c1-14-10-7(9(12)5-6-13)3-2-4-8(10)11/h2-4,9H,5-6,13H2,1H3. The van der Waals surface area contributed by atoms with Gasteiger partial charge in [0.2, 0.25) is 0 Å². The molecule has 4 heteroatoms. The molecular formula is C10H13ClFNO. The highest BCUT2D eigenvalue weighted by Crippen LogP contribution is 2.35. The van der Waals surface area contributed by atoms with E-state index in [1.807, 2.05) is 0 Å². The minimum atomic E-state index is -1.12. The van der Waals surface area contributed by atoms with Gasteiger partial charge < -0.3 is 10.5 Å². The predicted octanol–water partition coefficient (Wildman–Crippen LogP) is 2.71. The molecule has 0 aliphatic heterocycles. The van der Waals surface area contributed by atoms with Crippen LogP contribution in [0.2, 0.25) is 5.02 Å². The molecule has 0 fully saturated rings. The van der Waals surface area contributed by atoms with E-state index in [1.165, 1.54) is 7.11 Å². The van der Waals surface area contributed by atoms with E-state index in [0.29, 0.717) is 22.9 Å². The summed E-state index contributed by atoms with van der Waals surface area (Å²) in [5.74, 6) is 0.398. The lowest BCUT2D eigenvalue weighted by Gasteiger charge is -2.12. The Balaban J connectivity index is 3.00. The summed E-state index contributed by atoms with van der Waals surface area (Å²) in [6.45, 7) is 0.302. The third-order valence-corrected chi connectivity index (χ3v) is 2.26. The molecule has 2 N–H and O–H groups in total. The normalized spacial score (nSPS) is 12.6. The topological polar surface area (TPSA) is 35.2 Å². The first-order valence-corrected chi connectivity index (χ1v) is 4.75. The van der Waals surface area contributed by atoms with Crippen molar-refractivity contribution in [3.05, 3.63) is 28.8 Å². The number of halogens is 2. The van der Waals surface area contributed by atoms with E-state index in [2.05, 4.69) is 0 Å². The van der Waals surface area contributed by atoms with Crippen LogP contribution in [0.25, 0.3) is 0 Å². The van der Waals surface area contributed by atoms with Gasteiger partial charge in [0, 0.05) is 5.56 Å². The maximum Gasteiger partial charge on any atom is 0.143 e. The summed E-state index contributed by atoms with van der Waals surface area (Å²) in [7, 11) is 1.47. The molecule has 14 heavy (non-hydrogen) atoms. The Morgan fingerprint density at radius 2 is 2.29 bits per heavy atom. The van der Waals surface area contributed by atoms with Gasteiger partial charge in [-0.2, -0.15) is 0 Å². The average Bonchev–Trinajstić information content (AvgIpc) is 2.17. The molecule has 0 radical (unpaired) electrons. The molecule has 2 nitrogen and oxygen atoms in total. The number of rotatable bonds is 4. The lowest BCUT2D eigenvalue weighted by atomic mass is 10.1. The van der Waals surface area contributed by atoms with Crippen LogP contribution in [0.15, 0.2) is 18.2 Å². The van der Waals surface area contributed by atoms with Crippen LogP contribution in [0.5, 0.6) is 5.75 Å². The van der Waals surface area contributed by atoms with E-state index >= 15 is 0 Å². The van der Waals surface area contributed by atoms with Gasteiger partial charge in [-0.15, -0.1) is 0 Å². The lowest BCUT2D eigenvalue weighted by molar-refractivity contribution is 0.311. The molecule has 0 saturated carbocycles. The molecule has 0 aliphatic rings. The monoisotopic (exact) mass is 217 g/mol. The molecule has 78 valence electrons. The van der Waals surface area contributed by atoms with Crippen LogP contribution in [0.1, 0.15) is 18.2 Å². The number of benzene rings is 1.